The molecule has 0 bridgehead atoms. The zero-order chi connectivity index (χ0) is 31.1. The normalized spacial score (nSPS) is 11.0. The fourth-order valence-corrected chi connectivity index (χ4v) is 5.70. The van der Waals surface area contributed by atoms with Gasteiger partial charge in [-0.2, -0.15) is 4.68 Å². The monoisotopic (exact) mass is 703 g/mol. The summed E-state index contributed by atoms with van der Waals surface area (Å²) in [7, 11) is 1.60. The average molecular weight is 704 g/mol. The van der Waals surface area contributed by atoms with Gasteiger partial charge >= 0.3 is 11.7 Å². The van der Waals surface area contributed by atoms with Crippen LogP contribution in [0.5, 0.6) is 11.5 Å². The first-order valence-corrected chi connectivity index (χ1v) is 16.0. The second-order valence-corrected chi connectivity index (χ2v) is 11.1. The molecule has 5 rings (SSSR count). The predicted octanol–water partition coefficient (Wildman–Crippen LogP) is 6.83. The van der Waals surface area contributed by atoms with Gasteiger partial charge in [-0.3, -0.25) is 4.79 Å². The highest BCUT2D eigenvalue weighted by atomic mass is 127. The molecule has 5 aromatic rings. The van der Waals surface area contributed by atoms with Gasteiger partial charge in [0.25, 0.3) is 0 Å². The molecular weight excluding hydrogens is 669 g/mol. The number of carboxylic acid groups (broad SMARTS) is 1. The fourth-order valence-electron chi connectivity index (χ4n) is 5.19. The van der Waals surface area contributed by atoms with Gasteiger partial charge in [-0.05, 0) is 78.4 Å². The Morgan fingerprint density at radius 3 is 2.27 bits per heavy atom. The number of hydrogen-bond acceptors (Lipinski definition) is 5. The van der Waals surface area contributed by atoms with Gasteiger partial charge in [0.15, 0.2) is 0 Å². The summed E-state index contributed by atoms with van der Waals surface area (Å²) in [6.07, 6.45) is 2.07. The molecule has 44 heavy (non-hydrogen) atoms. The van der Waals surface area contributed by atoms with E-state index in [1.807, 2.05) is 73.7 Å². The summed E-state index contributed by atoms with van der Waals surface area (Å²) in [5, 5.41) is 14.1. The summed E-state index contributed by atoms with van der Waals surface area (Å²) in [4.78, 5) is 25.1. The largest absolute Gasteiger partial charge is 0.495 e. The molecule has 0 saturated heterocycles. The number of aliphatic carboxylic acids is 1. The molecule has 1 N–H and O–H groups in total. The van der Waals surface area contributed by atoms with E-state index in [4.69, 9.17) is 14.6 Å². The number of methoxy groups -OCH3 is 1. The third-order valence-electron chi connectivity index (χ3n) is 7.36. The zero-order valence-electron chi connectivity index (χ0n) is 24.7. The van der Waals surface area contributed by atoms with Crippen LogP contribution in [-0.2, 0) is 28.5 Å². The van der Waals surface area contributed by atoms with Crippen molar-refractivity contribution in [3.8, 4) is 34.0 Å². The first-order valence-electron chi connectivity index (χ1n) is 14.5. The highest BCUT2D eigenvalue weighted by Crippen LogP contribution is 2.28. The number of nitrogens with zero attached hydrogens (tertiary/aromatic N) is 3. The molecule has 1 aromatic heterocycles. The van der Waals surface area contributed by atoms with Crippen molar-refractivity contribution in [3.05, 3.63) is 124 Å². The van der Waals surface area contributed by atoms with Crippen LogP contribution < -0.4 is 15.2 Å². The van der Waals surface area contributed by atoms with Crippen molar-refractivity contribution in [3.63, 3.8) is 0 Å². The minimum absolute atomic E-state index is 0.0965. The van der Waals surface area contributed by atoms with E-state index < -0.39 is 5.97 Å². The van der Waals surface area contributed by atoms with Crippen LogP contribution in [-0.4, -0.2) is 39.1 Å². The number of benzene rings is 4. The summed E-state index contributed by atoms with van der Waals surface area (Å²) < 4.78 is 15.2. The molecule has 0 amide bonds. The Morgan fingerprint density at radius 2 is 1.59 bits per heavy atom. The summed E-state index contributed by atoms with van der Waals surface area (Å²) in [6, 6.07) is 29.3. The van der Waals surface area contributed by atoms with Crippen LogP contribution in [0, 0.1) is 0 Å². The van der Waals surface area contributed by atoms with E-state index in [0.717, 1.165) is 39.6 Å². The van der Waals surface area contributed by atoms with Crippen LogP contribution in [0.4, 0.5) is 0 Å². The Balaban J connectivity index is 1.36. The topological polar surface area (TPSA) is 95.6 Å². The maximum absolute atomic E-state index is 13.7. The Bertz CT molecular complexity index is 1790. The van der Waals surface area contributed by atoms with Crippen LogP contribution in [0.15, 0.2) is 95.8 Å². The average Bonchev–Trinajstić information content (AvgIpc) is 3.37. The molecular formula is C35H34IN3O5. The van der Waals surface area contributed by atoms with Crippen molar-refractivity contribution in [2.24, 2.45) is 0 Å². The molecule has 0 aliphatic carbocycles. The van der Waals surface area contributed by atoms with Gasteiger partial charge in [-0.25, -0.2) is 9.36 Å². The first kappa shape index (κ1) is 31.1. The van der Waals surface area contributed by atoms with Crippen LogP contribution in [0.2, 0.25) is 0 Å². The van der Waals surface area contributed by atoms with E-state index >= 15 is 0 Å². The van der Waals surface area contributed by atoms with E-state index in [1.165, 1.54) is 10.2 Å². The molecule has 0 atom stereocenters. The van der Waals surface area contributed by atoms with Crippen LogP contribution >= 0.6 is 22.6 Å². The molecule has 0 radical (unpaired) electrons. The predicted molar refractivity (Wildman–Crippen MR) is 180 cm³/mol. The van der Waals surface area contributed by atoms with Gasteiger partial charge in [0.2, 0.25) is 0 Å². The lowest BCUT2D eigenvalue weighted by Gasteiger charge is -2.12. The number of ether oxygens (including phenoxy) is 2. The van der Waals surface area contributed by atoms with E-state index in [0.29, 0.717) is 41.6 Å². The minimum atomic E-state index is -0.895. The SMILES string of the molecule is CCOc1ccc(-c2ccc(CCCc3nn(-c4ccc(CI)cc4)c(=O)n3-c3ccccc3OC)cc2)cc1CC(=O)O. The molecule has 226 valence electrons. The number of hydrogen-bond donors (Lipinski definition) is 1. The Kier molecular flexibility index (Phi) is 10.2. The zero-order valence-corrected chi connectivity index (χ0v) is 26.9. The number of carboxylic acids is 1. The molecule has 1 heterocycles. The Hall–Kier alpha value is -4.38. The Morgan fingerprint density at radius 1 is 0.886 bits per heavy atom. The Labute approximate surface area is 270 Å². The number of aromatic nitrogens is 3. The van der Waals surface area contributed by atoms with Gasteiger partial charge in [-0.15, -0.1) is 5.10 Å². The van der Waals surface area contributed by atoms with Crippen molar-refractivity contribution in [2.45, 2.75) is 37.0 Å². The van der Waals surface area contributed by atoms with Gasteiger partial charge in [0.05, 0.1) is 31.5 Å². The molecule has 0 fully saturated rings. The van der Waals surface area contributed by atoms with Crippen molar-refractivity contribution < 1.29 is 19.4 Å². The highest BCUT2D eigenvalue weighted by molar-refractivity contribution is 14.1. The standard InChI is InChI=1S/C35H34IN3O5/c1-3-44-31-20-17-27(21-28(31)22-34(40)41)26-15-11-24(12-16-26)7-6-10-33-37-39(29-18-13-25(23-36)14-19-29)35(42)38(33)30-8-4-5-9-32(30)43-2/h4-5,8-9,11-21H,3,6-7,10,22-23H2,1-2H3,(H,40,41). The van der Waals surface area contributed by atoms with Crippen molar-refractivity contribution in [2.75, 3.05) is 13.7 Å². The maximum Gasteiger partial charge on any atom is 0.355 e. The number of aryl methyl sites for hydroxylation is 2. The number of rotatable bonds is 13. The van der Waals surface area contributed by atoms with Gasteiger partial charge in [-0.1, -0.05) is 77.2 Å². The molecule has 0 spiro atoms. The van der Waals surface area contributed by atoms with Crippen LogP contribution in [0.25, 0.3) is 22.5 Å². The number of alkyl halides is 1. The second-order valence-electron chi connectivity index (χ2n) is 10.3. The fraction of sp³-hybridized carbons (Fsp3) is 0.229. The van der Waals surface area contributed by atoms with Crippen LogP contribution in [0.3, 0.4) is 0 Å². The van der Waals surface area contributed by atoms with Crippen molar-refractivity contribution in [1.82, 2.24) is 14.3 Å². The molecule has 9 heteroatoms. The van der Waals surface area contributed by atoms with E-state index in [-0.39, 0.29) is 12.1 Å². The lowest BCUT2D eigenvalue weighted by atomic mass is 9.98. The smallest absolute Gasteiger partial charge is 0.355 e. The number of para-hydroxylation sites is 2. The van der Waals surface area contributed by atoms with E-state index in [9.17, 15) is 14.7 Å². The lowest BCUT2D eigenvalue weighted by Crippen LogP contribution is -2.23. The summed E-state index contributed by atoms with van der Waals surface area (Å²) >= 11 is 2.32. The van der Waals surface area contributed by atoms with Gasteiger partial charge in [0.1, 0.15) is 17.3 Å². The van der Waals surface area contributed by atoms with Gasteiger partial charge < -0.3 is 14.6 Å². The quantitative estimate of drug-likeness (QED) is 0.107. The summed E-state index contributed by atoms with van der Waals surface area (Å²) in [6.45, 7) is 2.35. The first-order chi connectivity index (χ1) is 21.4. The maximum atomic E-state index is 13.7. The third-order valence-corrected chi connectivity index (χ3v) is 8.24. The highest BCUT2D eigenvalue weighted by Gasteiger charge is 2.19. The summed E-state index contributed by atoms with van der Waals surface area (Å²) in [5.74, 6) is 0.969. The molecule has 0 aliphatic heterocycles. The number of halogens is 1. The van der Waals surface area contributed by atoms with Gasteiger partial charge in [0, 0.05) is 16.4 Å². The van der Waals surface area contributed by atoms with Crippen molar-refractivity contribution in [1.29, 1.82) is 0 Å². The minimum Gasteiger partial charge on any atom is -0.495 e. The molecule has 8 nitrogen and oxygen atoms in total. The molecule has 4 aromatic carbocycles. The summed E-state index contributed by atoms with van der Waals surface area (Å²) in [5.41, 5.74) is 6.07. The molecule has 0 saturated carbocycles. The van der Waals surface area contributed by atoms with E-state index in [2.05, 4.69) is 46.9 Å². The molecule has 0 aliphatic rings. The van der Waals surface area contributed by atoms with Crippen LogP contribution in [0.1, 0.15) is 35.9 Å². The molecule has 0 unspecified atom stereocenters. The van der Waals surface area contributed by atoms with Crippen molar-refractivity contribution >= 4 is 28.6 Å². The lowest BCUT2D eigenvalue weighted by molar-refractivity contribution is -0.136. The van der Waals surface area contributed by atoms with E-state index in [1.54, 1.807) is 11.7 Å². The third kappa shape index (κ3) is 7.05. The second kappa shape index (κ2) is 14.4. The number of carbonyl (C=O) groups is 1.